The quantitative estimate of drug-likeness (QED) is 0.548. The third-order valence-corrected chi connectivity index (χ3v) is 4.62. The van der Waals surface area contributed by atoms with Crippen LogP contribution in [0, 0.1) is 12.7 Å². The van der Waals surface area contributed by atoms with Gasteiger partial charge in [-0.3, -0.25) is 9.69 Å². The monoisotopic (exact) mass is 357 g/mol. The van der Waals surface area contributed by atoms with E-state index in [-0.39, 0.29) is 17.8 Å². The Labute approximate surface area is 145 Å². The fourth-order valence-corrected chi connectivity index (χ4v) is 3.39. The van der Waals surface area contributed by atoms with Gasteiger partial charge in [0.15, 0.2) is 10.8 Å². The van der Waals surface area contributed by atoms with Crippen molar-refractivity contribution in [1.29, 1.82) is 0 Å². The number of anilines is 1. The summed E-state index contributed by atoms with van der Waals surface area (Å²) in [6.07, 6.45) is 1.52. The molecule has 8 heteroatoms. The number of rotatable bonds is 4. The maximum absolute atomic E-state index is 14.0. The minimum atomic E-state index is -0.428. The van der Waals surface area contributed by atoms with Gasteiger partial charge < -0.3 is 8.94 Å². The average molecular weight is 357 g/mol. The molecule has 0 aliphatic carbocycles. The topological polar surface area (TPSA) is 72.4 Å². The molecule has 3 aromatic heterocycles. The van der Waals surface area contributed by atoms with E-state index in [1.54, 1.807) is 37.3 Å². The van der Waals surface area contributed by atoms with Gasteiger partial charge in [0.2, 0.25) is 0 Å². The molecule has 0 fully saturated rings. The zero-order chi connectivity index (χ0) is 17.4. The molecule has 0 unspecified atom stereocenters. The highest BCUT2D eigenvalue weighted by Crippen LogP contribution is 2.32. The lowest BCUT2D eigenvalue weighted by atomic mass is 10.3. The summed E-state index contributed by atoms with van der Waals surface area (Å²) >= 11 is 1.23. The minimum absolute atomic E-state index is 0.152. The summed E-state index contributed by atoms with van der Waals surface area (Å²) in [7, 11) is 0. The molecule has 0 spiro atoms. The Morgan fingerprint density at radius 3 is 2.88 bits per heavy atom. The molecule has 1 amide bonds. The molecular weight excluding hydrogens is 345 g/mol. The van der Waals surface area contributed by atoms with Gasteiger partial charge in [0.25, 0.3) is 5.91 Å². The number of nitrogens with zero attached hydrogens (tertiary/aromatic N) is 3. The highest BCUT2D eigenvalue weighted by atomic mass is 32.1. The first-order valence-electron chi connectivity index (χ1n) is 7.44. The highest BCUT2D eigenvalue weighted by Gasteiger charge is 2.25. The van der Waals surface area contributed by atoms with Crippen LogP contribution in [0.15, 0.2) is 51.6 Å². The Bertz CT molecular complexity index is 1040. The number of aromatic nitrogens is 2. The molecule has 1 aromatic carbocycles. The molecule has 0 saturated heterocycles. The van der Waals surface area contributed by atoms with Crippen LogP contribution in [0.3, 0.4) is 0 Å². The fourth-order valence-electron chi connectivity index (χ4n) is 2.41. The summed E-state index contributed by atoms with van der Waals surface area (Å²) < 4.78 is 24.9. The van der Waals surface area contributed by atoms with Gasteiger partial charge in [-0.2, -0.15) is 0 Å². The molecule has 0 saturated carbocycles. The Kier molecular flexibility index (Phi) is 3.81. The SMILES string of the molecule is Cc1cc(C(=O)N(Cc2ccco2)c2nc3c(F)cccc3s2)no1. The largest absolute Gasteiger partial charge is 0.467 e. The van der Waals surface area contributed by atoms with Crippen molar-refractivity contribution in [3.63, 3.8) is 0 Å². The van der Waals surface area contributed by atoms with Crippen molar-refractivity contribution in [3.05, 3.63) is 65.7 Å². The summed E-state index contributed by atoms with van der Waals surface area (Å²) in [6, 6.07) is 9.74. The number of furan rings is 1. The van der Waals surface area contributed by atoms with Crippen molar-refractivity contribution < 1.29 is 18.1 Å². The van der Waals surface area contributed by atoms with Crippen LogP contribution in [0.25, 0.3) is 10.2 Å². The zero-order valence-electron chi connectivity index (χ0n) is 13.1. The number of aryl methyl sites for hydroxylation is 1. The summed E-state index contributed by atoms with van der Waals surface area (Å²) in [6.45, 7) is 1.85. The van der Waals surface area contributed by atoms with E-state index in [0.29, 0.717) is 21.4 Å². The first-order valence-corrected chi connectivity index (χ1v) is 8.26. The molecule has 0 N–H and O–H groups in total. The van der Waals surface area contributed by atoms with Crippen LogP contribution in [0.1, 0.15) is 22.0 Å². The number of benzene rings is 1. The summed E-state index contributed by atoms with van der Waals surface area (Å²) in [5.74, 6) is 0.278. The second-order valence-corrected chi connectivity index (χ2v) is 6.39. The number of amides is 1. The predicted molar refractivity (Wildman–Crippen MR) is 90.0 cm³/mol. The van der Waals surface area contributed by atoms with E-state index < -0.39 is 11.7 Å². The number of thiazole rings is 1. The maximum Gasteiger partial charge on any atom is 0.282 e. The van der Waals surface area contributed by atoms with E-state index in [2.05, 4.69) is 10.1 Å². The first kappa shape index (κ1) is 15.5. The summed E-state index contributed by atoms with van der Waals surface area (Å²) in [5, 5.41) is 4.13. The van der Waals surface area contributed by atoms with Crippen molar-refractivity contribution in [2.45, 2.75) is 13.5 Å². The second-order valence-electron chi connectivity index (χ2n) is 5.38. The minimum Gasteiger partial charge on any atom is -0.467 e. The molecular formula is C17H12FN3O3S. The van der Waals surface area contributed by atoms with Gasteiger partial charge in [0.1, 0.15) is 22.9 Å². The molecule has 0 aliphatic heterocycles. The first-order chi connectivity index (χ1) is 12.1. The molecule has 25 heavy (non-hydrogen) atoms. The maximum atomic E-state index is 14.0. The van der Waals surface area contributed by atoms with Crippen LogP contribution in [-0.2, 0) is 6.54 Å². The van der Waals surface area contributed by atoms with Gasteiger partial charge in [-0.25, -0.2) is 9.37 Å². The van der Waals surface area contributed by atoms with Gasteiger partial charge in [-0.05, 0) is 31.2 Å². The predicted octanol–water partition coefficient (Wildman–Crippen LogP) is 4.17. The third kappa shape index (κ3) is 2.91. The molecule has 4 aromatic rings. The molecule has 0 bridgehead atoms. The van der Waals surface area contributed by atoms with E-state index in [0.717, 1.165) is 0 Å². The molecule has 0 aliphatic rings. The molecule has 6 nitrogen and oxygen atoms in total. The van der Waals surface area contributed by atoms with Crippen molar-refractivity contribution in [2.75, 3.05) is 4.90 Å². The summed E-state index contributed by atoms with van der Waals surface area (Å²) in [4.78, 5) is 18.6. The number of fused-ring (bicyclic) bond motifs is 1. The lowest BCUT2D eigenvalue weighted by Crippen LogP contribution is -2.30. The lowest BCUT2D eigenvalue weighted by Gasteiger charge is -2.17. The van der Waals surface area contributed by atoms with Crippen LogP contribution in [0.5, 0.6) is 0 Å². The van der Waals surface area contributed by atoms with E-state index >= 15 is 0 Å². The number of hydrogen-bond acceptors (Lipinski definition) is 6. The number of carbonyl (C=O) groups excluding carboxylic acids is 1. The van der Waals surface area contributed by atoms with E-state index in [1.165, 1.54) is 28.6 Å². The number of hydrogen-bond donors (Lipinski definition) is 0. The van der Waals surface area contributed by atoms with Crippen molar-refractivity contribution in [2.24, 2.45) is 0 Å². The number of carbonyl (C=O) groups is 1. The van der Waals surface area contributed by atoms with Gasteiger partial charge in [-0.15, -0.1) is 0 Å². The second kappa shape index (κ2) is 6.14. The van der Waals surface area contributed by atoms with Gasteiger partial charge in [0.05, 0.1) is 17.5 Å². The Balaban J connectivity index is 1.78. The third-order valence-electron chi connectivity index (χ3n) is 3.58. The van der Waals surface area contributed by atoms with Crippen LogP contribution in [0.4, 0.5) is 9.52 Å². The van der Waals surface area contributed by atoms with E-state index in [1.807, 2.05) is 0 Å². The smallest absolute Gasteiger partial charge is 0.282 e. The molecule has 0 atom stereocenters. The lowest BCUT2D eigenvalue weighted by molar-refractivity contribution is 0.0974. The van der Waals surface area contributed by atoms with Gasteiger partial charge >= 0.3 is 0 Å². The Morgan fingerprint density at radius 1 is 1.32 bits per heavy atom. The van der Waals surface area contributed by atoms with Gasteiger partial charge in [-0.1, -0.05) is 22.6 Å². The van der Waals surface area contributed by atoms with Crippen molar-refractivity contribution >= 4 is 32.6 Å². The molecule has 4 rings (SSSR count). The van der Waals surface area contributed by atoms with Crippen molar-refractivity contribution in [3.8, 4) is 0 Å². The van der Waals surface area contributed by atoms with E-state index in [4.69, 9.17) is 8.94 Å². The normalized spacial score (nSPS) is 11.1. The summed E-state index contributed by atoms with van der Waals surface area (Å²) in [5.41, 5.74) is 0.389. The number of para-hydroxylation sites is 1. The average Bonchev–Trinajstić information content (AvgIpc) is 3.32. The van der Waals surface area contributed by atoms with Crippen molar-refractivity contribution in [1.82, 2.24) is 10.1 Å². The number of halogens is 1. The van der Waals surface area contributed by atoms with Gasteiger partial charge in [0, 0.05) is 6.07 Å². The van der Waals surface area contributed by atoms with Crippen LogP contribution in [0.2, 0.25) is 0 Å². The van der Waals surface area contributed by atoms with Crippen LogP contribution in [-0.4, -0.2) is 16.0 Å². The fraction of sp³-hybridized carbons (Fsp3) is 0.118. The highest BCUT2D eigenvalue weighted by molar-refractivity contribution is 7.22. The Hall–Kier alpha value is -3.00. The van der Waals surface area contributed by atoms with Crippen LogP contribution >= 0.6 is 11.3 Å². The molecule has 3 heterocycles. The Morgan fingerprint density at radius 2 is 2.20 bits per heavy atom. The standard InChI is InChI=1S/C17H12FN3O3S/c1-10-8-13(20-24-10)16(22)21(9-11-4-3-7-23-11)17-19-15-12(18)5-2-6-14(15)25-17/h2-8H,9H2,1H3. The molecule has 126 valence electrons. The van der Waals surface area contributed by atoms with E-state index in [9.17, 15) is 9.18 Å². The van der Waals surface area contributed by atoms with Crippen LogP contribution < -0.4 is 4.90 Å². The zero-order valence-corrected chi connectivity index (χ0v) is 13.9. The molecule has 0 radical (unpaired) electrons.